The van der Waals surface area contributed by atoms with E-state index in [0.29, 0.717) is 13.2 Å². The molecule has 6 nitrogen and oxygen atoms in total. The number of benzene rings is 1. The van der Waals surface area contributed by atoms with Crippen LogP contribution in [0.25, 0.3) is 10.9 Å². The van der Waals surface area contributed by atoms with Crippen molar-refractivity contribution in [3.63, 3.8) is 0 Å². The van der Waals surface area contributed by atoms with Gasteiger partial charge in [0.05, 0.1) is 32.5 Å². The van der Waals surface area contributed by atoms with Gasteiger partial charge in [-0.1, -0.05) is 0 Å². The van der Waals surface area contributed by atoms with Crippen molar-refractivity contribution in [2.45, 2.75) is 32.0 Å². The van der Waals surface area contributed by atoms with Gasteiger partial charge in [-0.25, -0.2) is 0 Å². The van der Waals surface area contributed by atoms with Crippen LogP contribution in [0.3, 0.4) is 0 Å². The summed E-state index contributed by atoms with van der Waals surface area (Å²) < 4.78 is 10.8. The van der Waals surface area contributed by atoms with E-state index in [4.69, 9.17) is 9.47 Å². The third-order valence-electron chi connectivity index (χ3n) is 5.86. The first-order valence-electron chi connectivity index (χ1n) is 9.53. The van der Waals surface area contributed by atoms with Gasteiger partial charge in [-0.05, 0) is 50.2 Å². The Labute approximate surface area is 154 Å². The van der Waals surface area contributed by atoms with E-state index in [-0.39, 0.29) is 12.1 Å². The highest BCUT2D eigenvalue weighted by Gasteiger charge is 2.32. The third-order valence-corrected chi connectivity index (χ3v) is 5.86. The van der Waals surface area contributed by atoms with Gasteiger partial charge in [0, 0.05) is 36.2 Å². The standard InChI is InChI=1S/C20H29N3O3/c1-14-16-10-15(25-2)4-5-17(16)21-18(14)11-22-6-3-7-23(9-8-22)19-12-26-13-20(19)24/h4-5,10,19-21,24H,3,6-9,11-13H2,1-2H3/t19-,20-/m0/s1. The second-order valence-electron chi connectivity index (χ2n) is 7.48. The SMILES string of the molecule is COc1ccc2[nH]c(CN3CCCN([C@H]4COC[C@@H]4O)CC3)c(C)c2c1. The van der Waals surface area contributed by atoms with Crippen LogP contribution in [0.1, 0.15) is 17.7 Å². The number of rotatable bonds is 4. The van der Waals surface area contributed by atoms with Crippen molar-refractivity contribution in [1.82, 2.24) is 14.8 Å². The summed E-state index contributed by atoms with van der Waals surface area (Å²) in [6.45, 7) is 8.36. The molecule has 0 unspecified atom stereocenters. The average Bonchev–Trinajstić information content (AvgIpc) is 3.11. The Bertz CT molecular complexity index is 760. The van der Waals surface area contributed by atoms with Crippen LogP contribution in [0.2, 0.25) is 0 Å². The van der Waals surface area contributed by atoms with Gasteiger partial charge in [-0.15, -0.1) is 0 Å². The summed E-state index contributed by atoms with van der Waals surface area (Å²) in [6.07, 6.45) is 0.781. The van der Waals surface area contributed by atoms with E-state index in [1.807, 2.05) is 6.07 Å². The lowest BCUT2D eigenvalue weighted by atomic mass is 10.1. The number of fused-ring (bicyclic) bond motifs is 1. The minimum Gasteiger partial charge on any atom is -0.497 e. The molecular weight excluding hydrogens is 330 g/mol. The molecular formula is C20H29N3O3. The van der Waals surface area contributed by atoms with Gasteiger partial charge >= 0.3 is 0 Å². The van der Waals surface area contributed by atoms with Crippen molar-refractivity contribution < 1.29 is 14.6 Å². The number of H-pyrrole nitrogens is 1. The van der Waals surface area contributed by atoms with Crippen LogP contribution in [0, 0.1) is 6.92 Å². The number of ether oxygens (including phenoxy) is 2. The molecule has 0 radical (unpaired) electrons. The van der Waals surface area contributed by atoms with E-state index < -0.39 is 0 Å². The summed E-state index contributed by atoms with van der Waals surface area (Å²) in [5, 5.41) is 11.3. The zero-order valence-corrected chi connectivity index (χ0v) is 15.7. The molecule has 0 saturated carbocycles. The number of nitrogens with one attached hydrogen (secondary N) is 1. The van der Waals surface area contributed by atoms with Gasteiger partial charge in [0.15, 0.2) is 0 Å². The van der Waals surface area contributed by atoms with E-state index in [1.54, 1.807) is 7.11 Å². The van der Waals surface area contributed by atoms with Crippen LogP contribution in [0.5, 0.6) is 5.75 Å². The van der Waals surface area contributed by atoms with Crippen molar-refractivity contribution in [3.8, 4) is 5.75 Å². The maximum atomic E-state index is 10.1. The predicted octanol–water partition coefficient (Wildman–Crippen LogP) is 1.75. The number of hydrogen-bond acceptors (Lipinski definition) is 5. The third kappa shape index (κ3) is 3.47. The van der Waals surface area contributed by atoms with E-state index in [9.17, 15) is 5.11 Å². The van der Waals surface area contributed by atoms with Gasteiger partial charge in [0.1, 0.15) is 5.75 Å². The first-order chi connectivity index (χ1) is 12.7. The summed E-state index contributed by atoms with van der Waals surface area (Å²) in [4.78, 5) is 8.50. The van der Waals surface area contributed by atoms with Crippen molar-refractivity contribution in [1.29, 1.82) is 0 Å². The maximum Gasteiger partial charge on any atom is 0.119 e. The lowest BCUT2D eigenvalue weighted by Gasteiger charge is -2.28. The van der Waals surface area contributed by atoms with Crippen molar-refractivity contribution in [2.75, 3.05) is 46.5 Å². The second kappa shape index (κ2) is 7.56. The number of hydrogen-bond donors (Lipinski definition) is 2. The number of aryl methyl sites for hydroxylation is 1. The molecule has 2 atom stereocenters. The van der Waals surface area contributed by atoms with Crippen molar-refractivity contribution in [3.05, 3.63) is 29.5 Å². The Morgan fingerprint density at radius 1 is 1.23 bits per heavy atom. The highest BCUT2D eigenvalue weighted by Crippen LogP contribution is 2.27. The first kappa shape index (κ1) is 17.8. The summed E-state index contributed by atoms with van der Waals surface area (Å²) in [5.74, 6) is 0.897. The largest absolute Gasteiger partial charge is 0.497 e. The van der Waals surface area contributed by atoms with Crippen molar-refractivity contribution in [2.24, 2.45) is 0 Å². The summed E-state index contributed by atoms with van der Waals surface area (Å²) in [5.41, 5.74) is 3.76. The Balaban J connectivity index is 1.44. The van der Waals surface area contributed by atoms with E-state index in [1.165, 1.54) is 22.2 Å². The second-order valence-corrected chi connectivity index (χ2v) is 7.48. The lowest BCUT2D eigenvalue weighted by molar-refractivity contribution is 0.0837. The quantitative estimate of drug-likeness (QED) is 0.871. The molecule has 0 bridgehead atoms. The van der Waals surface area contributed by atoms with Crippen molar-refractivity contribution >= 4 is 10.9 Å². The number of nitrogens with zero attached hydrogens (tertiary/aromatic N) is 2. The Kier molecular flexibility index (Phi) is 5.18. The molecule has 0 aliphatic carbocycles. The Morgan fingerprint density at radius 2 is 2.12 bits per heavy atom. The summed E-state index contributed by atoms with van der Waals surface area (Å²) in [7, 11) is 1.71. The molecule has 1 aromatic heterocycles. The highest BCUT2D eigenvalue weighted by molar-refractivity contribution is 5.85. The predicted molar refractivity (Wildman–Crippen MR) is 102 cm³/mol. The fraction of sp³-hybridized carbons (Fsp3) is 0.600. The fourth-order valence-corrected chi connectivity index (χ4v) is 4.23. The molecule has 2 saturated heterocycles. The van der Waals surface area contributed by atoms with E-state index >= 15 is 0 Å². The zero-order valence-electron chi connectivity index (χ0n) is 15.7. The lowest BCUT2D eigenvalue weighted by Crippen LogP contribution is -2.44. The molecule has 142 valence electrons. The van der Waals surface area contributed by atoms with Crippen LogP contribution in [-0.4, -0.2) is 78.5 Å². The Hall–Kier alpha value is -1.60. The van der Waals surface area contributed by atoms with Gasteiger partial charge < -0.3 is 19.6 Å². The number of aromatic amines is 1. The minimum absolute atomic E-state index is 0.164. The molecule has 3 heterocycles. The summed E-state index contributed by atoms with van der Waals surface area (Å²) in [6, 6.07) is 6.37. The van der Waals surface area contributed by atoms with Gasteiger partial charge in [-0.3, -0.25) is 9.80 Å². The molecule has 0 spiro atoms. The number of methoxy groups -OCH3 is 1. The number of aliphatic hydroxyl groups excluding tert-OH is 1. The molecule has 0 amide bonds. The maximum absolute atomic E-state index is 10.1. The molecule has 1 aromatic carbocycles. The minimum atomic E-state index is -0.340. The van der Waals surface area contributed by atoms with E-state index in [2.05, 4.69) is 33.8 Å². The first-order valence-corrected chi connectivity index (χ1v) is 9.53. The van der Waals surface area contributed by atoms with Crippen LogP contribution in [0.15, 0.2) is 18.2 Å². The molecule has 6 heteroatoms. The molecule has 2 aromatic rings. The smallest absolute Gasteiger partial charge is 0.119 e. The fourth-order valence-electron chi connectivity index (χ4n) is 4.23. The molecule has 4 rings (SSSR count). The number of aromatic nitrogens is 1. The summed E-state index contributed by atoms with van der Waals surface area (Å²) >= 11 is 0. The highest BCUT2D eigenvalue weighted by atomic mass is 16.5. The van der Waals surface area contributed by atoms with Crippen LogP contribution in [0.4, 0.5) is 0 Å². The molecule has 2 aliphatic rings. The molecule has 2 N–H and O–H groups in total. The number of aliphatic hydroxyl groups is 1. The van der Waals surface area contributed by atoms with Crippen LogP contribution in [-0.2, 0) is 11.3 Å². The van der Waals surface area contributed by atoms with Gasteiger partial charge in [0.2, 0.25) is 0 Å². The van der Waals surface area contributed by atoms with Crippen LogP contribution < -0.4 is 4.74 Å². The molecule has 26 heavy (non-hydrogen) atoms. The van der Waals surface area contributed by atoms with Gasteiger partial charge in [0.25, 0.3) is 0 Å². The average molecular weight is 359 g/mol. The Morgan fingerprint density at radius 3 is 2.88 bits per heavy atom. The monoisotopic (exact) mass is 359 g/mol. The zero-order chi connectivity index (χ0) is 18.1. The molecule has 2 aliphatic heterocycles. The van der Waals surface area contributed by atoms with E-state index in [0.717, 1.165) is 44.9 Å². The normalized spacial score (nSPS) is 25.7. The topological polar surface area (TPSA) is 61.0 Å². The van der Waals surface area contributed by atoms with Crippen LogP contribution >= 0.6 is 0 Å². The molecule has 2 fully saturated rings. The van der Waals surface area contributed by atoms with Gasteiger partial charge in [-0.2, -0.15) is 0 Å².